The van der Waals surface area contributed by atoms with Crippen LogP contribution in [0.2, 0.25) is 0 Å². The zero-order valence-electron chi connectivity index (χ0n) is 11.0. The van der Waals surface area contributed by atoms with E-state index in [1.165, 1.54) is 0 Å². The van der Waals surface area contributed by atoms with Gasteiger partial charge in [-0.15, -0.1) is 11.3 Å². The van der Waals surface area contributed by atoms with E-state index >= 15 is 0 Å². The summed E-state index contributed by atoms with van der Waals surface area (Å²) in [5.74, 6) is -5.45. The minimum atomic E-state index is -1.68. The Hall–Kier alpha value is -1.93. The van der Waals surface area contributed by atoms with Crippen LogP contribution < -0.4 is 11.1 Å². The Balaban J connectivity index is 2.15. The fourth-order valence-corrected chi connectivity index (χ4v) is 2.37. The number of hydrogen-bond acceptors (Lipinski definition) is 4. The molecule has 1 aromatic heterocycles. The number of halogens is 3. The van der Waals surface area contributed by atoms with Crippen molar-refractivity contribution in [1.82, 2.24) is 4.98 Å². The number of hydrogen-bond donors (Lipinski definition) is 2. The highest BCUT2D eigenvalue weighted by Crippen LogP contribution is 2.20. The van der Waals surface area contributed by atoms with Gasteiger partial charge >= 0.3 is 0 Å². The van der Waals surface area contributed by atoms with Crippen LogP contribution in [-0.4, -0.2) is 16.9 Å². The van der Waals surface area contributed by atoms with Crippen LogP contribution in [0.3, 0.4) is 0 Å². The second-order valence-corrected chi connectivity index (χ2v) is 5.36. The summed E-state index contributed by atoms with van der Waals surface area (Å²) < 4.78 is 39.4. The Morgan fingerprint density at radius 1 is 1.38 bits per heavy atom. The Morgan fingerprint density at radius 2 is 2.10 bits per heavy atom. The van der Waals surface area contributed by atoms with Crippen molar-refractivity contribution in [1.29, 1.82) is 0 Å². The fourth-order valence-electron chi connectivity index (χ4n) is 1.65. The average molecular weight is 315 g/mol. The SMILES string of the molecule is CC(N)Cc1csc(NC(=O)c2ccc(F)c(F)c2F)n1. The Labute approximate surface area is 122 Å². The van der Waals surface area contributed by atoms with E-state index in [0.29, 0.717) is 18.2 Å². The van der Waals surface area contributed by atoms with Gasteiger partial charge in [-0.1, -0.05) is 0 Å². The molecule has 3 N–H and O–H groups in total. The van der Waals surface area contributed by atoms with Gasteiger partial charge in [0.2, 0.25) is 0 Å². The number of benzene rings is 1. The zero-order valence-corrected chi connectivity index (χ0v) is 11.8. The maximum Gasteiger partial charge on any atom is 0.260 e. The van der Waals surface area contributed by atoms with E-state index in [1.54, 1.807) is 5.38 Å². The fraction of sp³-hybridized carbons (Fsp3) is 0.231. The number of carbonyl (C=O) groups is 1. The smallest absolute Gasteiger partial charge is 0.260 e. The first kappa shape index (κ1) is 15.5. The molecule has 112 valence electrons. The van der Waals surface area contributed by atoms with Gasteiger partial charge in [0.25, 0.3) is 5.91 Å². The summed E-state index contributed by atoms with van der Waals surface area (Å²) in [5, 5.41) is 4.28. The van der Waals surface area contributed by atoms with Crippen LogP contribution in [0.25, 0.3) is 0 Å². The number of rotatable bonds is 4. The van der Waals surface area contributed by atoms with Crippen molar-refractivity contribution in [3.05, 3.63) is 46.2 Å². The second kappa shape index (κ2) is 6.23. The lowest BCUT2D eigenvalue weighted by atomic mass is 10.2. The average Bonchev–Trinajstić information content (AvgIpc) is 2.82. The van der Waals surface area contributed by atoms with E-state index in [0.717, 1.165) is 17.4 Å². The van der Waals surface area contributed by atoms with Crippen molar-refractivity contribution in [3.8, 4) is 0 Å². The van der Waals surface area contributed by atoms with Gasteiger partial charge in [-0.05, 0) is 19.1 Å². The lowest BCUT2D eigenvalue weighted by Gasteiger charge is -2.04. The van der Waals surface area contributed by atoms with E-state index in [-0.39, 0.29) is 11.2 Å². The quantitative estimate of drug-likeness (QED) is 0.853. The van der Waals surface area contributed by atoms with E-state index in [9.17, 15) is 18.0 Å². The first-order valence-electron chi connectivity index (χ1n) is 6.03. The van der Waals surface area contributed by atoms with Crippen LogP contribution >= 0.6 is 11.3 Å². The summed E-state index contributed by atoms with van der Waals surface area (Å²) in [7, 11) is 0. The van der Waals surface area contributed by atoms with E-state index < -0.39 is 28.9 Å². The molecule has 0 radical (unpaired) electrons. The maximum absolute atomic E-state index is 13.5. The molecule has 2 aromatic rings. The van der Waals surface area contributed by atoms with Crippen LogP contribution in [0.1, 0.15) is 23.0 Å². The second-order valence-electron chi connectivity index (χ2n) is 4.50. The number of aromatic nitrogens is 1. The standard InChI is InChI=1S/C13H12F3N3OS/c1-6(17)4-7-5-21-13(18-7)19-12(20)8-2-3-9(14)11(16)10(8)15/h2-3,5-6H,4,17H2,1H3,(H,18,19,20). The van der Waals surface area contributed by atoms with E-state index in [4.69, 9.17) is 5.73 Å². The van der Waals surface area contributed by atoms with Crippen molar-refractivity contribution in [2.24, 2.45) is 5.73 Å². The van der Waals surface area contributed by atoms with E-state index in [2.05, 4.69) is 10.3 Å². The number of carbonyl (C=O) groups excluding carboxylic acids is 1. The summed E-state index contributed by atoms with van der Waals surface area (Å²) >= 11 is 1.14. The molecule has 8 heteroatoms. The lowest BCUT2D eigenvalue weighted by Crippen LogP contribution is -2.18. The number of nitrogens with one attached hydrogen (secondary N) is 1. The van der Waals surface area contributed by atoms with Crippen molar-refractivity contribution < 1.29 is 18.0 Å². The van der Waals surface area contributed by atoms with Crippen molar-refractivity contribution in [2.75, 3.05) is 5.32 Å². The normalized spacial score (nSPS) is 12.2. The molecule has 0 fully saturated rings. The number of anilines is 1. The maximum atomic E-state index is 13.5. The topological polar surface area (TPSA) is 68.0 Å². The minimum Gasteiger partial charge on any atom is -0.328 e. The highest BCUT2D eigenvalue weighted by Gasteiger charge is 2.19. The lowest BCUT2D eigenvalue weighted by molar-refractivity contribution is 0.102. The molecule has 1 unspecified atom stereocenters. The molecule has 1 aromatic carbocycles. The third kappa shape index (κ3) is 3.59. The number of nitrogens with zero attached hydrogens (tertiary/aromatic N) is 1. The molecule has 0 saturated carbocycles. The molecule has 1 atom stereocenters. The molecule has 0 saturated heterocycles. The molecule has 1 heterocycles. The molecule has 0 aliphatic carbocycles. The molecular formula is C13H12F3N3OS. The van der Waals surface area contributed by atoms with Crippen LogP contribution in [0.15, 0.2) is 17.5 Å². The van der Waals surface area contributed by atoms with Crippen LogP contribution in [0, 0.1) is 17.5 Å². The number of thiazole rings is 1. The molecular weight excluding hydrogens is 303 g/mol. The monoisotopic (exact) mass is 315 g/mol. The van der Waals surface area contributed by atoms with Gasteiger partial charge in [0.1, 0.15) is 0 Å². The third-order valence-corrected chi connectivity index (χ3v) is 3.39. The first-order chi connectivity index (χ1) is 9.88. The zero-order chi connectivity index (χ0) is 15.6. The predicted octanol–water partition coefficient (Wildman–Crippen LogP) is 2.70. The van der Waals surface area contributed by atoms with Crippen molar-refractivity contribution >= 4 is 22.4 Å². The van der Waals surface area contributed by atoms with Crippen LogP contribution in [0.4, 0.5) is 18.3 Å². The summed E-state index contributed by atoms with van der Waals surface area (Å²) in [6.45, 7) is 1.81. The molecule has 0 spiro atoms. The minimum absolute atomic E-state index is 0.0840. The van der Waals surface area contributed by atoms with Gasteiger partial charge in [-0.25, -0.2) is 18.2 Å². The largest absolute Gasteiger partial charge is 0.328 e. The van der Waals surface area contributed by atoms with Gasteiger partial charge in [-0.3, -0.25) is 10.1 Å². The van der Waals surface area contributed by atoms with Crippen LogP contribution in [-0.2, 0) is 6.42 Å². The third-order valence-electron chi connectivity index (χ3n) is 2.58. The summed E-state index contributed by atoms with van der Waals surface area (Å²) in [6.07, 6.45) is 0.534. The molecule has 2 rings (SSSR count). The van der Waals surface area contributed by atoms with E-state index in [1.807, 2.05) is 6.92 Å². The van der Waals surface area contributed by atoms with Crippen molar-refractivity contribution in [2.45, 2.75) is 19.4 Å². The van der Waals surface area contributed by atoms with Gasteiger partial charge < -0.3 is 5.73 Å². The number of nitrogens with two attached hydrogens (primary N) is 1. The van der Waals surface area contributed by atoms with Crippen molar-refractivity contribution in [3.63, 3.8) is 0 Å². The highest BCUT2D eigenvalue weighted by molar-refractivity contribution is 7.13. The predicted molar refractivity (Wildman–Crippen MR) is 73.7 cm³/mol. The van der Waals surface area contributed by atoms with Crippen LogP contribution in [0.5, 0.6) is 0 Å². The molecule has 1 amide bonds. The first-order valence-corrected chi connectivity index (χ1v) is 6.91. The highest BCUT2D eigenvalue weighted by atomic mass is 32.1. The Morgan fingerprint density at radius 3 is 2.76 bits per heavy atom. The molecule has 4 nitrogen and oxygen atoms in total. The van der Waals surface area contributed by atoms with Gasteiger partial charge in [0.15, 0.2) is 22.6 Å². The molecule has 0 aliphatic rings. The Bertz CT molecular complexity index is 673. The Kier molecular flexibility index (Phi) is 4.59. The van der Waals surface area contributed by atoms with Gasteiger partial charge in [-0.2, -0.15) is 0 Å². The summed E-state index contributed by atoms with van der Waals surface area (Å²) in [4.78, 5) is 15.9. The number of amides is 1. The summed E-state index contributed by atoms with van der Waals surface area (Å²) in [5.41, 5.74) is 5.73. The summed E-state index contributed by atoms with van der Waals surface area (Å²) in [6, 6.07) is 1.48. The van der Waals surface area contributed by atoms with Gasteiger partial charge in [0, 0.05) is 17.8 Å². The molecule has 0 aliphatic heterocycles. The molecule has 0 bridgehead atoms. The molecule has 21 heavy (non-hydrogen) atoms. The van der Waals surface area contributed by atoms with Gasteiger partial charge in [0.05, 0.1) is 11.3 Å².